The van der Waals surface area contributed by atoms with E-state index in [0.717, 1.165) is 0 Å². The first-order valence-corrected chi connectivity index (χ1v) is 7.41. The number of rotatable bonds is 4. The van der Waals surface area contributed by atoms with Crippen molar-refractivity contribution in [2.75, 3.05) is 13.2 Å². The van der Waals surface area contributed by atoms with E-state index in [0.29, 0.717) is 25.2 Å². The molecule has 0 spiro atoms. The zero-order valence-electron chi connectivity index (χ0n) is 10.5. The van der Waals surface area contributed by atoms with Gasteiger partial charge in [0, 0.05) is 0 Å². The molecule has 0 unspecified atom stereocenters. The zero-order valence-corrected chi connectivity index (χ0v) is 11.3. The van der Waals surface area contributed by atoms with E-state index < -0.39 is 16.0 Å². The van der Waals surface area contributed by atoms with Crippen molar-refractivity contribution in [3.8, 4) is 0 Å². The maximum absolute atomic E-state index is 11.8. The van der Waals surface area contributed by atoms with Crippen molar-refractivity contribution in [3.05, 3.63) is 29.3 Å². The molecule has 0 aromatic heterocycles. The van der Waals surface area contributed by atoms with Gasteiger partial charge in [0.1, 0.15) is 6.10 Å². The molecular formula is C12H15NO5S. The Labute approximate surface area is 111 Å². The second-order valence-electron chi connectivity index (χ2n) is 4.29. The molecule has 1 aromatic rings. The van der Waals surface area contributed by atoms with Crippen molar-refractivity contribution in [2.45, 2.75) is 24.3 Å². The van der Waals surface area contributed by atoms with Crippen LogP contribution in [-0.4, -0.2) is 33.7 Å². The lowest BCUT2D eigenvalue weighted by molar-refractivity contribution is -0.103. The van der Waals surface area contributed by atoms with Crippen LogP contribution in [0.5, 0.6) is 0 Å². The molecule has 1 aromatic carbocycles. The number of sulfonamides is 1. The predicted molar refractivity (Wildman–Crippen MR) is 67.2 cm³/mol. The summed E-state index contributed by atoms with van der Waals surface area (Å²) in [6.07, 6.45) is 0.258. The van der Waals surface area contributed by atoms with Crippen molar-refractivity contribution in [1.29, 1.82) is 0 Å². The van der Waals surface area contributed by atoms with Gasteiger partial charge in [0.05, 0.1) is 23.7 Å². The van der Waals surface area contributed by atoms with Gasteiger partial charge < -0.3 is 9.47 Å². The van der Waals surface area contributed by atoms with E-state index in [1.54, 1.807) is 6.07 Å². The van der Waals surface area contributed by atoms with Crippen LogP contribution in [0, 0.1) is 0 Å². The molecule has 1 heterocycles. The first-order chi connectivity index (χ1) is 8.91. The highest BCUT2D eigenvalue weighted by Gasteiger charge is 2.24. The number of nitrogens with two attached hydrogens (primary N) is 1. The molecule has 6 nitrogen and oxygen atoms in total. The first kappa shape index (κ1) is 14.0. The maximum Gasteiger partial charge on any atom is 0.338 e. The maximum atomic E-state index is 11.8. The van der Waals surface area contributed by atoms with Crippen LogP contribution in [0.15, 0.2) is 23.1 Å². The molecule has 0 aliphatic carbocycles. The van der Waals surface area contributed by atoms with Crippen LogP contribution in [0.1, 0.15) is 22.8 Å². The third-order valence-electron chi connectivity index (χ3n) is 2.87. The molecule has 19 heavy (non-hydrogen) atoms. The zero-order chi connectivity index (χ0) is 14.0. The fourth-order valence-electron chi connectivity index (χ4n) is 1.74. The SMILES string of the molecule is CCc1ccc(C(=O)OC2COC2)cc1S(N)(=O)=O. The minimum atomic E-state index is -3.85. The second-order valence-corrected chi connectivity index (χ2v) is 5.82. The van der Waals surface area contributed by atoms with E-state index in [9.17, 15) is 13.2 Å². The predicted octanol–water partition coefficient (Wildman–Crippen LogP) is 0.452. The Morgan fingerprint density at radius 3 is 2.63 bits per heavy atom. The molecule has 0 bridgehead atoms. The van der Waals surface area contributed by atoms with Crippen molar-refractivity contribution in [2.24, 2.45) is 5.14 Å². The van der Waals surface area contributed by atoms with Gasteiger partial charge in [-0.3, -0.25) is 0 Å². The normalized spacial score (nSPS) is 15.9. The Hall–Kier alpha value is -1.44. The van der Waals surface area contributed by atoms with Crippen molar-refractivity contribution in [3.63, 3.8) is 0 Å². The molecule has 0 saturated carbocycles. The van der Waals surface area contributed by atoms with Gasteiger partial charge >= 0.3 is 5.97 Å². The van der Waals surface area contributed by atoms with E-state index in [2.05, 4.69) is 0 Å². The van der Waals surface area contributed by atoms with Gasteiger partial charge in [-0.25, -0.2) is 18.4 Å². The lowest BCUT2D eigenvalue weighted by Gasteiger charge is -2.25. The largest absolute Gasteiger partial charge is 0.454 e. The van der Waals surface area contributed by atoms with Gasteiger partial charge in [-0.1, -0.05) is 13.0 Å². The van der Waals surface area contributed by atoms with E-state index in [1.165, 1.54) is 12.1 Å². The molecule has 0 amide bonds. The van der Waals surface area contributed by atoms with Gasteiger partial charge in [0.15, 0.2) is 0 Å². The van der Waals surface area contributed by atoms with Crippen LogP contribution >= 0.6 is 0 Å². The lowest BCUT2D eigenvalue weighted by atomic mass is 10.1. The monoisotopic (exact) mass is 285 g/mol. The summed E-state index contributed by atoms with van der Waals surface area (Å²) in [5.41, 5.74) is 0.749. The molecule has 7 heteroatoms. The van der Waals surface area contributed by atoms with Crippen molar-refractivity contribution in [1.82, 2.24) is 0 Å². The number of benzene rings is 1. The number of carbonyl (C=O) groups is 1. The van der Waals surface area contributed by atoms with Crippen LogP contribution in [-0.2, 0) is 25.9 Å². The first-order valence-electron chi connectivity index (χ1n) is 5.86. The number of carbonyl (C=O) groups excluding carboxylic acids is 1. The topological polar surface area (TPSA) is 95.7 Å². The molecule has 104 valence electrons. The third-order valence-corrected chi connectivity index (χ3v) is 3.86. The number of esters is 1. The van der Waals surface area contributed by atoms with Gasteiger partial charge in [-0.2, -0.15) is 0 Å². The number of aryl methyl sites for hydroxylation is 1. The standard InChI is InChI=1S/C12H15NO5S/c1-2-8-3-4-9(5-11(8)19(13,15)16)12(14)18-10-6-17-7-10/h3-5,10H,2,6-7H2,1H3,(H2,13,15,16). The van der Waals surface area contributed by atoms with Crippen molar-refractivity contribution < 1.29 is 22.7 Å². The highest BCUT2D eigenvalue weighted by Crippen LogP contribution is 2.19. The van der Waals surface area contributed by atoms with Crippen LogP contribution in [0.2, 0.25) is 0 Å². The van der Waals surface area contributed by atoms with Crippen LogP contribution in [0.3, 0.4) is 0 Å². The summed E-state index contributed by atoms with van der Waals surface area (Å²) in [5.74, 6) is -0.569. The fourth-order valence-corrected chi connectivity index (χ4v) is 2.61. The van der Waals surface area contributed by atoms with E-state index in [1.807, 2.05) is 6.92 Å². The number of ether oxygens (including phenoxy) is 2. The smallest absolute Gasteiger partial charge is 0.338 e. The number of hydrogen-bond acceptors (Lipinski definition) is 5. The Morgan fingerprint density at radius 1 is 1.47 bits per heavy atom. The summed E-state index contributed by atoms with van der Waals surface area (Å²) < 4.78 is 33.0. The molecule has 2 N–H and O–H groups in total. The van der Waals surface area contributed by atoms with Gasteiger partial charge in [-0.15, -0.1) is 0 Å². The highest BCUT2D eigenvalue weighted by atomic mass is 32.2. The highest BCUT2D eigenvalue weighted by molar-refractivity contribution is 7.89. The molecule has 0 radical (unpaired) electrons. The average molecular weight is 285 g/mol. The summed E-state index contributed by atoms with van der Waals surface area (Å²) >= 11 is 0. The van der Waals surface area contributed by atoms with Crippen LogP contribution < -0.4 is 5.14 Å². The van der Waals surface area contributed by atoms with Gasteiger partial charge in [-0.05, 0) is 24.1 Å². The van der Waals surface area contributed by atoms with Gasteiger partial charge in [0.25, 0.3) is 0 Å². The second kappa shape index (κ2) is 5.28. The summed E-state index contributed by atoms with van der Waals surface area (Å²) in [6.45, 7) is 2.56. The Bertz CT molecular complexity index is 592. The van der Waals surface area contributed by atoms with E-state index in [4.69, 9.17) is 14.6 Å². The Kier molecular flexibility index (Phi) is 3.88. The number of primary sulfonamides is 1. The summed E-state index contributed by atoms with van der Waals surface area (Å²) in [7, 11) is -3.85. The molecule has 0 atom stereocenters. The average Bonchev–Trinajstić information content (AvgIpc) is 2.31. The molecule has 1 aliphatic rings. The quantitative estimate of drug-likeness (QED) is 0.810. The summed E-state index contributed by atoms with van der Waals surface area (Å²) in [4.78, 5) is 11.8. The van der Waals surface area contributed by atoms with Crippen molar-refractivity contribution >= 4 is 16.0 Å². The summed E-state index contributed by atoms with van der Waals surface area (Å²) in [6, 6.07) is 4.37. The summed E-state index contributed by atoms with van der Waals surface area (Å²) in [5, 5.41) is 5.14. The minimum Gasteiger partial charge on any atom is -0.454 e. The van der Waals surface area contributed by atoms with E-state index >= 15 is 0 Å². The molecular weight excluding hydrogens is 270 g/mol. The van der Waals surface area contributed by atoms with Crippen LogP contribution in [0.4, 0.5) is 0 Å². The van der Waals surface area contributed by atoms with Crippen LogP contribution in [0.25, 0.3) is 0 Å². The molecule has 1 aliphatic heterocycles. The molecule has 1 saturated heterocycles. The molecule has 2 rings (SSSR count). The Morgan fingerprint density at radius 2 is 2.16 bits per heavy atom. The Balaban J connectivity index is 2.29. The lowest BCUT2D eigenvalue weighted by Crippen LogP contribution is -2.37. The van der Waals surface area contributed by atoms with Gasteiger partial charge in [0.2, 0.25) is 10.0 Å². The third kappa shape index (κ3) is 3.12. The number of hydrogen-bond donors (Lipinski definition) is 1. The van der Waals surface area contributed by atoms with E-state index in [-0.39, 0.29) is 16.6 Å². The molecule has 1 fully saturated rings. The minimum absolute atomic E-state index is 0.0330. The fraction of sp³-hybridized carbons (Fsp3) is 0.417.